The number of carbonyl (C=O) groups excluding carboxylic acids is 2. The first-order chi connectivity index (χ1) is 17.7. The third-order valence-electron chi connectivity index (χ3n) is 8.12. The molecule has 0 radical (unpaired) electrons. The summed E-state index contributed by atoms with van der Waals surface area (Å²) in [6, 6.07) is 5.17. The molecule has 2 aromatic heterocycles. The molecule has 3 saturated carbocycles. The van der Waals surface area contributed by atoms with Crippen LogP contribution in [0.15, 0.2) is 28.9 Å². The van der Waals surface area contributed by atoms with E-state index in [1.165, 1.54) is 11.3 Å². The maximum atomic E-state index is 13.3. The maximum Gasteiger partial charge on any atom is 0.262 e. The first-order valence-electron chi connectivity index (χ1n) is 12.9. The Bertz CT molecular complexity index is 1210. The monoisotopic (exact) mass is 594 g/mol. The number of nitrogens with one attached hydrogen (secondary N) is 2. The Morgan fingerprint density at radius 3 is 2.76 bits per heavy atom. The summed E-state index contributed by atoms with van der Waals surface area (Å²) in [5, 5.41) is 5.85. The van der Waals surface area contributed by atoms with Gasteiger partial charge in [-0.2, -0.15) is 0 Å². The predicted molar refractivity (Wildman–Crippen MR) is 139 cm³/mol. The molecule has 4 aliphatic rings. The standard InChI is InChI=1S/C26H29BrF2N4O3S/c27-16-9-20-23(30-13-16)36-8-7-33(20)14-18-5-6-21(37-18)22(34)32-26(12-19(26)15-3-1-2-4-15)24(35)31-17-10-25(28,29)11-17/h5-6,9,13,15,17,19H,1-4,7-8,10-12,14H2,(H,31,35)(H,32,34). The molecule has 0 aromatic carbocycles. The average Bonchev–Trinajstić information content (AvgIpc) is 3.18. The van der Waals surface area contributed by atoms with E-state index in [4.69, 9.17) is 4.74 Å². The average molecular weight is 596 g/mol. The topological polar surface area (TPSA) is 83.6 Å². The Balaban J connectivity index is 1.14. The molecule has 6 rings (SSSR count). The van der Waals surface area contributed by atoms with Crippen LogP contribution < -0.4 is 20.3 Å². The summed E-state index contributed by atoms with van der Waals surface area (Å²) in [6.45, 7) is 1.85. The summed E-state index contributed by atoms with van der Waals surface area (Å²) < 4.78 is 33.2. The summed E-state index contributed by atoms with van der Waals surface area (Å²) in [5.74, 6) is -2.25. The Morgan fingerprint density at radius 2 is 2.00 bits per heavy atom. The van der Waals surface area contributed by atoms with Crippen molar-refractivity contribution in [3.8, 4) is 5.88 Å². The number of alkyl halides is 2. The second kappa shape index (κ2) is 9.48. The normalized spacial score (nSPS) is 26.7. The minimum atomic E-state index is -2.71. The molecule has 11 heteroatoms. The number of thiophene rings is 1. The van der Waals surface area contributed by atoms with Gasteiger partial charge in [0.15, 0.2) is 0 Å². The van der Waals surface area contributed by atoms with Crippen LogP contribution in [-0.4, -0.2) is 47.5 Å². The first-order valence-corrected chi connectivity index (χ1v) is 14.5. The van der Waals surface area contributed by atoms with Crippen molar-refractivity contribution in [1.29, 1.82) is 0 Å². The van der Waals surface area contributed by atoms with Crippen molar-refractivity contribution in [2.45, 2.75) is 69.0 Å². The number of amides is 2. The number of hydrogen-bond donors (Lipinski definition) is 2. The molecule has 7 nitrogen and oxygen atoms in total. The summed E-state index contributed by atoms with van der Waals surface area (Å²) in [6.07, 6.45) is 5.97. The van der Waals surface area contributed by atoms with E-state index >= 15 is 0 Å². The number of nitrogens with zero attached hydrogens (tertiary/aromatic N) is 2. The number of aromatic nitrogens is 1. The van der Waals surface area contributed by atoms with Crippen LogP contribution in [0.1, 0.15) is 59.5 Å². The van der Waals surface area contributed by atoms with E-state index in [0.29, 0.717) is 42.8 Å². The predicted octanol–water partition coefficient (Wildman–Crippen LogP) is 4.90. The molecule has 3 aliphatic carbocycles. The summed E-state index contributed by atoms with van der Waals surface area (Å²) in [4.78, 5) is 34.7. The second-order valence-corrected chi connectivity index (χ2v) is 12.8. The van der Waals surface area contributed by atoms with Gasteiger partial charge in [0.2, 0.25) is 11.8 Å². The number of carbonyl (C=O) groups is 2. The lowest BCUT2D eigenvalue weighted by atomic mass is 9.87. The van der Waals surface area contributed by atoms with Crippen molar-refractivity contribution >= 4 is 44.8 Å². The Morgan fingerprint density at radius 1 is 1.22 bits per heavy atom. The molecular formula is C26H29BrF2N4O3S. The van der Waals surface area contributed by atoms with Crippen molar-refractivity contribution in [2.24, 2.45) is 11.8 Å². The highest BCUT2D eigenvalue weighted by Gasteiger charge is 2.64. The number of fused-ring (bicyclic) bond motifs is 1. The number of halogens is 3. The number of rotatable bonds is 7. The Labute approximate surface area is 226 Å². The van der Waals surface area contributed by atoms with Crippen LogP contribution in [0.4, 0.5) is 14.5 Å². The van der Waals surface area contributed by atoms with Crippen LogP contribution in [0.3, 0.4) is 0 Å². The highest BCUT2D eigenvalue weighted by molar-refractivity contribution is 9.10. The molecule has 2 amide bonds. The number of ether oxygens (including phenoxy) is 1. The molecule has 3 heterocycles. The van der Waals surface area contributed by atoms with E-state index in [1.54, 1.807) is 12.3 Å². The molecule has 0 saturated heterocycles. The lowest BCUT2D eigenvalue weighted by molar-refractivity contribution is -0.132. The fourth-order valence-electron chi connectivity index (χ4n) is 6.08. The van der Waals surface area contributed by atoms with Gasteiger partial charge in [0, 0.05) is 34.4 Å². The van der Waals surface area contributed by atoms with Crippen LogP contribution in [0.2, 0.25) is 0 Å². The van der Waals surface area contributed by atoms with Gasteiger partial charge in [-0.3, -0.25) is 9.59 Å². The van der Waals surface area contributed by atoms with Crippen LogP contribution in [0, 0.1) is 11.8 Å². The van der Waals surface area contributed by atoms with Gasteiger partial charge < -0.3 is 20.3 Å². The SMILES string of the molecule is O=C(NC1(C(=O)NC2CC(F)(F)C2)CC1C1CCCC1)c1ccc(CN2CCOc3ncc(Br)cc32)s1. The van der Waals surface area contributed by atoms with Gasteiger partial charge in [-0.15, -0.1) is 11.3 Å². The molecule has 2 unspecified atom stereocenters. The summed E-state index contributed by atoms with van der Waals surface area (Å²) in [5.41, 5.74) is -0.100. The molecular weight excluding hydrogens is 566 g/mol. The molecule has 3 fully saturated rings. The molecule has 198 valence electrons. The summed E-state index contributed by atoms with van der Waals surface area (Å²) >= 11 is 4.86. The largest absolute Gasteiger partial charge is 0.474 e. The Hall–Kier alpha value is -2.27. The molecule has 0 spiro atoms. The second-order valence-electron chi connectivity index (χ2n) is 10.7. The fraction of sp³-hybridized carbons (Fsp3) is 0.577. The lowest BCUT2D eigenvalue weighted by Gasteiger charge is -2.36. The van der Waals surface area contributed by atoms with Crippen LogP contribution in [0.25, 0.3) is 0 Å². The van der Waals surface area contributed by atoms with Crippen molar-refractivity contribution in [1.82, 2.24) is 15.6 Å². The van der Waals surface area contributed by atoms with Crippen molar-refractivity contribution in [2.75, 3.05) is 18.1 Å². The Kier molecular flexibility index (Phi) is 6.42. The number of hydrogen-bond acceptors (Lipinski definition) is 6. The zero-order valence-corrected chi connectivity index (χ0v) is 22.7. The first kappa shape index (κ1) is 25.0. The number of pyridine rings is 1. The molecule has 2 aromatic rings. The third kappa shape index (κ3) is 4.96. The summed E-state index contributed by atoms with van der Waals surface area (Å²) in [7, 11) is 0. The van der Waals surface area contributed by atoms with E-state index in [-0.39, 0.29) is 30.6 Å². The molecule has 2 N–H and O–H groups in total. The molecule has 1 aliphatic heterocycles. The zero-order chi connectivity index (χ0) is 25.8. The highest BCUT2D eigenvalue weighted by atomic mass is 79.9. The smallest absolute Gasteiger partial charge is 0.262 e. The van der Waals surface area contributed by atoms with E-state index < -0.39 is 17.5 Å². The van der Waals surface area contributed by atoms with Gasteiger partial charge in [-0.25, -0.2) is 13.8 Å². The van der Waals surface area contributed by atoms with Gasteiger partial charge in [0.1, 0.15) is 17.8 Å². The van der Waals surface area contributed by atoms with Crippen LogP contribution in [-0.2, 0) is 11.3 Å². The van der Waals surface area contributed by atoms with Gasteiger partial charge >= 0.3 is 0 Å². The molecule has 37 heavy (non-hydrogen) atoms. The van der Waals surface area contributed by atoms with Crippen molar-refractivity contribution in [3.05, 3.63) is 38.6 Å². The van der Waals surface area contributed by atoms with E-state index in [0.717, 1.165) is 40.7 Å². The molecule has 0 bridgehead atoms. The fourth-order valence-corrected chi connectivity index (χ4v) is 7.32. The highest BCUT2D eigenvalue weighted by Crippen LogP contribution is 2.54. The van der Waals surface area contributed by atoms with E-state index in [9.17, 15) is 18.4 Å². The van der Waals surface area contributed by atoms with Crippen LogP contribution in [0.5, 0.6) is 5.88 Å². The van der Waals surface area contributed by atoms with E-state index in [1.807, 2.05) is 12.1 Å². The minimum Gasteiger partial charge on any atom is -0.474 e. The van der Waals surface area contributed by atoms with Crippen molar-refractivity contribution in [3.63, 3.8) is 0 Å². The van der Waals surface area contributed by atoms with Gasteiger partial charge in [-0.05, 0) is 52.4 Å². The maximum absolute atomic E-state index is 13.3. The van der Waals surface area contributed by atoms with Gasteiger partial charge in [0.25, 0.3) is 11.8 Å². The van der Waals surface area contributed by atoms with Gasteiger partial charge in [-0.1, -0.05) is 25.7 Å². The van der Waals surface area contributed by atoms with Crippen LogP contribution >= 0.6 is 27.3 Å². The zero-order valence-electron chi connectivity index (χ0n) is 20.3. The quantitative estimate of drug-likeness (QED) is 0.476. The minimum absolute atomic E-state index is 0.0646. The molecule has 2 atom stereocenters. The lowest BCUT2D eigenvalue weighted by Crippen LogP contribution is -2.58. The third-order valence-corrected chi connectivity index (χ3v) is 9.62. The number of anilines is 1. The van der Waals surface area contributed by atoms with E-state index in [2.05, 4.69) is 36.4 Å². The van der Waals surface area contributed by atoms with Gasteiger partial charge in [0.05, 0.1) is 18.0 Å². The van der Waals surface area contributed by atoms with Crippen molar-refractivity contribution < 1.29 is 23.1 Å².